The lowest BCUT2D eigenvalue weighted by Gasteiger charge is -2.29. The maximum absolute atomic E-state index is 5.92. The van der Waals surface area contributed by atoms with Crippen LogP contribution in [-0.4, -0.2) is 0 Å². The first-order valence-corrected chi connectivity index (χ1v) is 20.6. The van der Waals surface area contributed by atoms with E-state index in [2.05, 4.69) is 219 Å². The van der Waals surface area contributed by atoms with Gasteiger partial charge in [0.15, 0.2) is 0 Å². The van der Waals surface area contributed by atoms with E-state index >= 15 is 0 Å². The van der Waals surface area contributed by atoms with Crippen molar-refractivity contribution in [2.24, 2.45) is 5.92 Å². The quantitative estimate of drug-likeness (QED) is 0.183. The molecule has 0 saturated heterocycles. The van der Waals surface area contributed by atoms with Crippen molar-refractivity contribution < 1.29 is 4.42 Å². The summed E-state index contributed by atoms with van der Waals surface area (Å²) >= 11 is 0. The van der Waals surface area contributed by atoms with Gasteiger partial charge in [0.05, 0.1) is 0 Å². The molecule has 2 aliphatic rings. The van der Waals surface area contributed by atoms with E-state index in [1.165, 1.54) is 66.4 Å². The van der Waals surface area contributed by atoms with Crippen molar-refractivity contribution in [1.82, 2.24) is 0 Å². The Labute approximate surface area is 346 Å². The van der Waals surface area contributed by atoms with Gasteiger partial charge in [0.1, 0.15) is 11.2 Å². The van der Waals surface area contributed by atoms with E-state index in [-0.39, 0.29) is 5.41 Å². The van der Waals surface area contributed by atoms with Crippen LogP contribution in [0.5, 0.6) is 0 Å². The highest BCUT2D eigenvalue weighted by Crippen LogP contribution is 2.53. The lowest BCUT2D eigenvalue weighted by molar-refractivity contribution is 0.394. The maximum atomic E-state index is 5.92. The molecular weight excluding hydrogens is 715 g/mol. The molecule has 1 N–H and O–H groups in total. The fourth-order valence-electron chi connectivity index (χ4n) is 9.05. The van der Waals surface area contributed by atoms with Gasteiger partial charge in [-0.2, -0.15) is 0 Å². The number of hydrogen-bond acceptors (Lipinski definition) is 2. The van der Waals surface area contributed by atoms with Crippen LogP contribution < -0.4 is 5.32 Å². The normalized spacial score (nSPS) is 16.0. The van der Waals surface area contributed by atoms with Crippen molar-refractivity contribution in [3.63, 3.8) is 0 Å². The van der Waals surface area contributed by atoms with Crippen molar-refractivity contribution in [3.8, 4) is 44.5 Å². The minimum atomic E-state index is 0.134. The molecule has 1 heterocycles. The number of fused-ring (bicyclic) bond motifs is 6. The van der Waals surface area contributed by atoms with Crippen LogP contribution in [0.15, 0.2) is 223 Å². The molecule has 0 bridgehead atoms. The van der Waals surface area contributed by atoms with Gasteiger partial charge in [0, 0.05) is 28.1 Å². The van der Waals surface area contributed by atoms with E-state index in [0.29, 0.717) is 11.8 Å². The lowest BCUT2D eigenvalue weighted by Crippen LogP contribution is -2.24. The zero-order valence-electron chi connectivity index (χ0n) is 33.3. The minimum Gasteiger partial charge on any atom is -0.456 e. The predicted octanol–water partition coefficient (Wildman–Crippen LogP) is 15.8. The van der Waals surface area contributed by atoms with Crippen molar-refractivity contribution in [2.45, 2.75) is 25.2 Å². The molecule has 2 nitrogen and oxygen atoms in total. The van der Waals surface area contributed by atoms with Gasteiger partial charge in [-0.1, -0.05) is 190 Å². The van der Waals surface area contributed by atoms with Gasteiger partial charge >= 0.3 is 0 Å². The number of nitrogens with one attached hydrogen (secondary N) is 1. The number of para-hydroxylation sites is 1. The van der Waals surface area contributed by atoms with Crippen LogP contribution in [-0.2, 0) is 5.41 Å². The minimum absolute atomic E-state index is 0.134. The third kappa shape index (κ3) is 7.08. The van der Waals surface area contributed by atoms with Crippen LogP contribution in [0, 0.1) is 5.92 Å². The van der Waals surface area contributed by atoms with Crippen molar-refractivity contribution in [1.29, 1.82) is 0 Å². The second kappa shape index (κ2) is 15.3. The highest BCUT2D eigenvalue weighted by atomic mass is 16.3. The Balaban J connectivity index is 0.000000149. The monoisotopic (exact) mass is 759 g/mol. The molecular formula is C57H45NO. The molecule has 284 valence electrons. The number of rotatable bonds is 6. The standard InChI is InChI=1S/C33H29N.C24H16O/c1-33(2)31-11-7-6-10-29(31)30-21-20-28(22-32(30)33)34-27-18-16-26(17-19-27)25-14-12-24(13-15-25)23-8-4-3-5-9-23;1-2-6-17(7-3-1)18-10-12-19(13-11-18)20-14-15-24-22(16-20)21-8-4-5-9-23(21)25-24/h3-22,29,31,34H,1-2H3;1-16H. The highest BCUT2D eigenvalue weighted by Gasteiger charge is 2.44. The van der Waals surface area contributed by atoms with Gasteiger partial charge in [0.25, 0.3) is 0 Å². The Morgan fingerprint density at radius 3 is 1.51 bits per heavy atom. The third-order valence-electron chi connectivity index (χ3n) is 12.3. The molecule has 0 radical (unpaired) electrons. The van der Waals surface area contributed by atoms with Gasteiger partial charge in [-0.05, 0) is 109 Å². The van der Waals surface area contributed by atoms with Crippen molar-refractivity contribution in [3.05, 3.63) is 230 Å². The summed E-state index contributed by atoms with van der Waals surface area (Å²) < 4.78 is 5.92. The summed E-state index contributed by atoms with van der Waals surface area (Å²) in [6.07, 6.45) is 9.12. The number of anilines is 2. The van der Waals surface area contributed by atoms with E-state index in [1.807, 2.05) is 18.2 Å². The smallest absolute Gasteiger partial charge is 0.135 e. The molecule has 2 aliphatic carbocycles. The summed E-state index contributed by atoms with van der Waals surface area (Å²) in [6, 6.07) is 68.8. The second-order valence-electron chi connectivity index (χ2n) is 16.2. The highest BCUT2D eigenvalue weighted by molar-refractivity contribution is 6.06. The Kier molecular flexibility index (Phi) is 9.39. The third-order valence-corrected chi connectivity index (χ3v) is 12.3. The molecule has 11 rings (SSSR count). The van der Waals surface area contributed by atoms with Gasteiger partial charge in [0.2, 0.25) is 0 Å². The Hall–Kier alpha value is -7.16. The average Bonchev–Trinajstić information content (AvgIpc) is 3.78. The molecule has 0 aliphatic heterocycles. The zero-order valence-corrected chi connectivity index (χ0v) is 33.3. The summed E-state index contributed by atoms with van der Waals surface area (Å²) in [5.74, 6) is 1.03. The molecule has 1 aromatic heterocycles. The van der Waals surface area contributed by atoms with Crippen LogP contribution in [0.1, 0.15) is 30.9 Å². The van der Waals surface area contributed by atoms with Crippen LogP contribution in [0.25, 0.3) is 66.4 Å². The fraction of sp³-hybridized carbons (Fsp3) is 0.0877. The van der Waals surface area contributed by atoms with Gasteiger partial charge in [-0.15, -0.1) is 0 Å². The lowest BCUT2D eigenvalue weighted by atomic mass is 9.74. The number of benzene rings is 8. The number of hydrogen-bond donors (Lipinski definition) is 1. The predicted molar refractivity (Wildman–Crippen MR) is 249 cm³/mol. The molecule has 0 saturated carbocycles. The Morgan fingerprint density at radius 1 is 0.407 bits per heavy atom. The summed E-state index contributed by atoms with van der Waals surface area (Å²) in [4.78, 5) is 0. The zero-order chi connectivity index (χ0) is 39.8. The number of allylic oxidation sites excluding steroid dienone is 4. The average molecular weight is 760 g/mol. The van der Waals surface area contributed by atoms with Gasteiger partial charge < -0.3 is 9.73 Å². The van der Waals surface area contributed by atoms with E-state index in [1.54, 1.807) is 0 Å². The molecule has 2 heteroatoms. The van der Waals surface area contributed by atoms with Gasteiger partial charge in [-0.3, -0.25) is 0 Å². The molecule has 8 aromatic carbocycles. The Bertz CT molecular complexity index is 2950. The molecule has 2 unspecified atom stereocenters. The molecule has 2 atom stereocenters. The molecule has 0 fully saturated rings. The summed E-state index contributed by atoms with van der Waals surface area (Å²) in [6.45, 7) is 4.75. The van der Waals surface area contributed by atoms with Crippen LogP contribution in [0.4, 0.5) is 11.4 Å². The first kappa shape index (κ1) is 36.2. The fourth-order valence-corrected chi connectivity index (χ4v) is 9.05. The van der Waals surface area contributed by atoms with Gasteiger partial charge in [-0.25, -0.2) is 0 Å². The molecule has 0 spiro atoms. The van der Waals surface area contributed by atoms with Crippen LogP contribution >= 0.6 is 0 Å². The largest absolute Gasteiger partial charge is 0.456 e. The Morgan fingerprint density at radius 2 is 0.881 bits per heavy atom. The maximum Gasteiger partial charge on any atom is 0.135 e. The SMILES string of the molecule is CC1(C)c2cc(Nc3ccc(-c4ccc(-c5ccccc5)cc4)cc3)ccc2C2C=CC=CC21.c1ccc(-c2ccc(-c3ccc4oc5ccccc5c4c3)cc2)cc1. The first-order valence-electron chi connectivity index (χ1n) is 20.6. The topological polar surface area (TPSA) is 25.2 Å². The summed E-state index contributed by atoms with van der Waals surface area (Å²) in [5.41, 5.74) is 17.0. The van der Waals surface area contributed by atoms with E-state index in [0.717, 1.165) is 22.5 Å². The summed E-state index contributed by atoms with van der Waals surface area (Å²) in [5, 5.41) is 5.96. The first-order chi connectivity index (χ1) is 29.0. The van der Waals surface area contributed by atoms with E-state index in [9.17, 15) is 0 Å². The van der Waals surface area contributed by atoms with E-state index in [4.69, 9.17) is 4.42 Å². The second-order valence-corrected chi connectivity index (χ2v) is 16.2. The molecule has 9 aromatic rings. The summed E-state index contributed by atoms with van der Waals surface area (Å²) in [7, 11) is 0. The molecule has 0 amide bonds. The van der Waals surface area contributed by atoms with E-state index < -0.39 is 0 Å². The van der Waals surface area contributed by atoms with Crippen LogP contribution in [0.3, 0.4) is 0 Å². The van der Waals surface area contributed by atoms with Crippen molar-refractivity contribution in [2.75, 3.05) is 5.32 Å². The van der Waals surface area contributed by atoms with Crippen molar-refractivity contribution >= 4 is 33.3 Å². The molecule has 59 heavy (non-hydrogen) atoms. The number of furan rings is 1. The van der Waals surface area contributed by atoms with Crippen LogP contribution in [0.2, 0.25) is 0 Å².